The Morgan fingerprint density at radius 3 is 1.93 bits per heavy atom. The van der Waals surface area contributed by atoms with Crippen LogP contribution in [-0.2, 0) is 43.7 Å². The molecule has 250 valence electrons. The molecule has 3 saturated carbocycles. The third-order valence-corrected chi connectivity index (χ3v) is 13.2. The van der Waals surface area contributed by atoms with Crippen molar-refractivity contribution in [2.24, 2.45) is 45.8 Å². The van der Waals surface area contributed by atoms with E-state index in [1.807, 2.05) is 6.92 Å². The molecule has 43 heavy (non-hydrogen) atoms. The molecule has 12 nitrogen and oxygen atoms in total. The van der Waals surface area contributed by atoms with Gasteiger partial charge in [0, 0.05) is 0 Å². The van der Waals surface area contributed by atoms with Gasteiger partial charge < -0.3 is 0 Å². The highest BCUT2D eigenvalue weighted by Crippen LogP contribution is 2.72. The summed E-state index contributed by atoms with van der Waals surface area (Å²) in [5.74, 6) is 0.614. The van der Waals surface area contributed by atoms with Gasteiger partial charge in [0.25, 0.3) is 0 Å². The normalized spacial score (nSPS) is 40.8. The summed E-state index contributed by atoms with van der Waals surface area (Å²) in [5.41, 5.74) is -0.378. The summed E-state index contributed by atoms with van der Waals surface area (Å²) >= 11 is 0. The largest absolute Gasteiger partial charge is 0.397 e. The van der Waals surface area contributed by atoms with Crippen LogP contribution < -0.4 is 0 Å². The van der Waals surface area contributed by atoms with Crippen LogP contribution in [0.5, 0.6) is 0 Å². The summed E-state index contributed by atoms with van der Waals surface area (Å²) in [4.78, 5) is 0. The van der Waals surface area contributed by atoms with Crippen LogP contribution in [0.4, 0.5) is 0 Å². The van der Waals surface area contributed by atoms with Gasteiger partial charge in [-0.15, -0.1) is 0 Å². The van der Waals surface area contributed by atoms with E-state index in [2.05, 4.69) is 40.7 Å². The Hall–Kier alpha value is -0.650. The molecule has 0 heterocycles. The zero-order valence-electron chi connectivity index (χ0n) is 25.8. The summed E-state index contributed by atoms with van der Waals surface area (Å²) < 4.78 is 115. The van der Waals surface area contributed by atoms with E-state index >= 15 is 0 Å². The van der Waals surface area contributed by atoms with Crippen molar-refractivity contribution in [1.82, 2.24) is 0 Å². The Morgan fingerprint density at radius 2 is 1.37 bits per heavy atom. The highest BCUT2D eigenvalue weighted by Gasteiger charge is 2.66. The molecule has 0 aliphatic heterocycles. The van der Waals surface area contributed by atoms with Crippen molar-refractivity contribution in [3.63, 3.8) is 0 Å². The lowest BCUT2D eigenvalue weighted by Gasteiger charge is -2.63. The number of allylic oxidation sites excluding steroid dienone is 2. The first-order valence-corrected chi connectivity index (χ1v) is 19.3. The molecular formula is C28H48O12S3. The van der Waals surface area contributed by atoms with Crippen molar-refractivity contribution in [2.45, 2.75) is 118 Å². The quantitative estimate of drug-likeness (QED) is 0.192. The van der Waals surface area contributed by atoms with Gasteiger partial charge >= 0.3 is 31.2 Å². The van der Waals surface area contributed by atoms with Crippen LogP contribution in [0.15, 0.2) is 11.6 Å². The summed E-state index contributed by atoms with van der Waals surface area (Å²) in [6.45, 7) is 13.1. The standard InChI is InChI=1S/C28H48O12S3/c1-17(2)8-7-9-18(3)19-10-12-28(6)21-14-23(38-41(29,30)31)22-15-24(39-42(32,33)34)25(40-43(35,36)37)16-26(22,4)20(21)11-13-27(19,28)5/h11,17-19,21-25H,7-10,12-16H2,1-6H3,(H,29,30,31)(H,32,33,34)(H,35,36,37)/t18?,19?,21?,22?,23?,24?,25?,26-,27-,28?/m1/s1. The fraction of sp³-hybridized carbons (Fsp3) is 0.929. The topological polar surface area (TPSA) is 191 Å². The number of rotatable bonds is 11. The van der Waals surface area contributed by atoms with E-state index in [9.17, 15) is 38.9 Å². The average molecular weight is 673 g/mol. The second-order valence-electron chi connectivity index (χ2n) is 14.6. The van der Waals surface area contributed by atoms with Crippen molar-refractivity contribution >= 4 is 31.2 Å². The van der Waals surface area contributed by atoms with Crippen molar-refractivity contribution in [3.05, 3.63) is 11.6 Å². The average Bonchev–Trinajstić information content (AvgIpc) is 3.08. The van der Waals surface area contributed by atoms with Crippen molar-refractivity contribution < 1.29 is 51.5 Å². The van der Waals surface area contributed by atoms with E-state index in [0.717, 1.165) is 37.7 Å². The lowest BCUT2D eigenvalue weighted by molar-refractivity contribution is -0.122. The van der Waals surface area contributed by atoms with Gasteiger partial charge in [-0.05, 0) is 84.4 Å². The Bertz CT molecular complexity index is 1410. The van der Waals surface area contributed by atoms with Gasteiger partial charge in [0.15, 0.2) is 0 Å². The Morgan fingerprint density at radius 1 is 0.814 bits per heavy atom. The van der Waals surface area contributed by atoms with Crippen LogP contribution in [0, 0.1) is 45.8 Å². The highest BCUT2D eigenvalue weighted by atomic mass is 32.3. The van der Waals surface area contributed by atoms with Gasteiger partial charge in [-0.3, -0.25) is 13.7 Å². The molecule has 8 unspecified atom stereocenters. The lowest BCUT2D eigenvalue weighted by atomic mass is 9.43. The van der Waals surface area contributed by atoms with Crippen molar-refractivity contribution in [2.75, 3.05) is 0 Å². The first-order valence-electron chi connectivity index (χ1n) is 15.2. The Labute approximate surface area is 257 Å². The molecule has 0 bridgehead atoms. The molecule has 0 aromatic heterocycles. The van der Waals surface area contributed by atoms with Crippen LogP contribution in [0.2, 0.25) is 0 Å². The maximum atomic E-state index is 12.1. The maximum Gasteiger partial charge on any atom is 0.397 e. The van der Waals surface area contributed by atoms with Gasteiger partial charge in [0.1, 0.15) is 12.2 Å². The van der Waals surface area contributed by atoms with E-state index in [1.165, 1.54) is 6.42 Å². The molecule has 15 heteroatoms. The fourth-order valence-electron chi connectivity index (χ4n) is 9.65. The van der Waals surface area contributed by atoms with Crippen LogP contribution in [0.1, 0.15) is 99.3 Å². The second-order valence-corrected chi connectivity index (χ2v) is 17.7. The molecule has 0 spiro atoms. The summed E-state index contributed by atoms with van der Waals surface area (Å²) in [6, 6.07) is 0. The van der Waals surface area contributed by atoms with Gasteiger partial charge in [-0.25, -0.2) is 12.5 Å². The Kier molecular flexibility index (Phi) is 9.71. The molecule has 3 fully saturated rings. The number of hydrogen-bond acceptors (Lipinski definition) is 9. The van der Waals surface area contributed by atoms with Crippen LogP contribution in [0.3, 0.4) is 0 Å². The minimum Gasteiger partial charge on any atom is -0.264 e. The van der Waals surface area contributed by atoms with Gasteiger partial charge in [0.2, 0.25) is 0 Å². The van der Waals surface area contributed by atoms with Gasteiger partial charge in [-0.2, -0.15) is 25.3 Å². The zero-order valence-corrected chi connectivity index (χ0v) is 28.3. The first-order chi connectivity index (χ1) is 19.5. The summed E-state index contributed by atoms with van der Waals surface area (Å²) in [5, 5.41) is 0. The summed E-state index contributed by atoms with van der Waals surface area (Å²) in [6.07, 6.45) is 3.86. The van der Waals surface area contributed by atoms with Gasteiger partial charge in [-0.1, -0.05) is 72.5 Å². The lowest BCUT2D eigenvalue weighted by Crippen LogP contribution is -2.60. The van der Waals surface area contributed by atoms with E-state index in [0.29, 0.717) is 17.8 Å². The SMILES string of the molecule is CC(C)CCCC(C)C1CCC2(C)C3CC(OS(=O)(=O)O)C4CC(OS(=O)(=O)O)C(OS(=O)(=O)O)C[C@]4(C)C3=CC[C@]12C. The smallest absolute Gasteiger partial charge is 0.264 e. The predicted octanol–water partition coefficient (Wildman–Crippen LogP) is 5.20. The number of fused-ring (bicyclic) bond motifs is 5. The minimum atomic E-state index is -5.08. The van der Waals surface area contributed by atoms with E-state index in [1.54, 1.807) is 0 Å². The second kappa shape index (κ2) is 11.9. The third-order valence-electron chi connectivity index (χ3n) is 11.8. The van der Waals surface area contributed by atoms with Gasteiger partial charge in [0.05, 0.1) is 6.10 Å². The van der Waals surface area contributed by atoms with Crippen LogP contribution in [0.25, 0.3) is 0 Å². The monoisotopic (exact) mass is 672 g/mol. The fourth-order valence-corrected chi connectivity index (χ4v) is 11.2. The zero-order chi connectivity index (χ0) is 32.4. The third kappa shape index (κ3) is 7.19. The van der Waals surface area contributed by atoms with E-state index < -0.39 is 60.8 Å². The molecule has 0 aromatic rings. The molecule has 4 aliphatic carbocycles. The number of hydrogen-bond donors (Lipinski definition) is 3. The molecule has 0 aromatic carbocycles. The van der Waals surface area contributed by atoms with Crippen molar-refractivity contribution in [1.29, 1.82) is 0 Å². The molecule has 10 atom stereocenters. The Balaban J connectivity index is 1.76. The highest BCUT2D eigenvalue weighted by molar-refractivity contribution is 7.81. The van der Waals surface area contributed by atoms with E-state index in [-0.39, 0.29) is 36.0 Å². The maximum absolute atomic E-state index is 12.1. The minimum absolute atomic E-state index is 0.111. The van der Waals surface area contributed by atoms with Crippen LogP contribution >= 0.6 is 0 Å². The molecule has 4 rings (SSSR count). The molecule has 0 saturated heterocycles. The van der Waals surface area contributed by atoms with E-state index in [4.69, 9.17) is 12.5 Å². The molecule has 4 aliphatic rings. The molecule has 0 amide bonds. The summed E-state index contributed by atoms with van der Waals surface area (Å²) in [7, 11) is -15.1. The molecule has 0 radical (unpaired) electrons. The molecular weight excluding hydrogens is 624 g/mol. The van der Waals surface area contributed by atoms with Crippen LogP contribution in [-0.4, -0.2) is 57.2 Å². The molecule has 3 N–H and O–H groups in total. The first kappa shape index (κ1) is 35.2. The predicted molar refractivity (Wildman–Crippen MR) is 158 cm³/mol. The van der Waals surface area contributed by atoms with Crippen molar-refractivity contribution in [3.8, 4) is 0 Å².